The minimum atomic E-state index is -2.44. The van der Waals surface area contributed by atoms with Crippen molar-refractivity contribution in [2.24, 2.45) is 0 Å². The highest BCUT2D eigenvalue weighted by Gasteiger charge is 2.47. The van der Waals surface area contributed by atoms with E-state index in [1.165, 1.54) is 50.4 Å². The maximum atomic E-state index is 4.58. The van der Waals surface area contributed by atoms with Gasteiger partial charge in [-0.25, -0.2) is 0 Å². The van der Waals surface area contributed by atoms with Crippen molar-refractivity contribution in [3.8, 4) is 0 Å². The van der Waals surface area contributed by atoms with Gasteiger partial charge in [-0.1, -0.05) is 93.6 Å². The number of benzene rings is 3. The Morgan fingerprint density at radius 2 is 0.833 bits per heavy atom. The monoisotopic (exact) mass is 431 g/mol. The van der Waals surface area contributed by atoms with Crippen LogP contribution in [-0.4, -0.2) is 16.5 Å². The van der Waals surface area contributed by atoms with Crippen LogP contribution >= 0.6 is 0 Å². The zero-order valence-electron chi connectivity index (χ0n) is 19.5. The van der Waals surface area contributed by atoms with Crippen LogP contribution in [0.3, 0.4) is 0 Å². The van der Waals surface area contributed by atoms with Gasteiger partial charge in [-0.2, -0.15) is 0 Å². The van der Waals surface area contributed by atoms with Crippen molar-refractivity contribution in [3.63, 3.8) is 0 Å². The second kappa shape index (κ2) is 9.46. The van der Waals surface area contributed by atoms with Crippen molar-refractivity contribution in [2.45, 2.75) is 59.7 Å². The van der Waals surface area contributed by atoms with Gasteiger partial charge in [0.15, 0.2) is 0 Å². The Kier molecular flexibility index (Phi) is 7.17. The van der Waals surface area contributed by atoms with Crippen LogP contribution < -0.4 is 20.2 Å². The summed E-state index contributed by atoms with van der Waals surface area (Å²) in [6, 6.07) is 31.1. The maximum Gasteiger partial charge on any atom is 0.216 e. The number of nitrogens with one attached hydrogen (secondary N) is 1. The van der Waals surface area contributed by atoms with E-state index >= 15 is 0 Å². The van der Waals surface area contributed by atoms with Crippen LogP contribution in [0.25, 0.3) is 0 Å². The summed E-state index contributed by atoms with van der Waals surface area (Å²) in [4.78, 5) is 0. The van der Waals surface area contributed by atoms with Crippen molar-refractivity contribution < 1.29 is 0 Å². The molecule has 0 fully saturated rings. The third-order valence-corrected chi connectivity index (χ3v) is 18.9. The molecule has 0 aliphatic heterocycles. The van der Waals surface area contributed by atoms with E-state index in [4.69, 9.17) is 0 Å². The van der Waals surface area contributed by atoms with Crippen molar-refractivity contribution in [3.05, 3.63) is 89.5 Å². The van der Waals surface area contributed by atoms with Gasteiger partial charge < -0.3 is 4.65 Å². The zero-order valence-corrected chi connectivity index (χ0v) is 21.5. The summed E-state index contributed by atoms with van der Waals surface area (Å²) < 4.78 is 4.58. The summed E-state index contributed by atoms with van der Waals surface area (Å²) in [6.07, 6.45) is 0. The first-order chi connectivity index (χ1) is 14.4. The lowest BCUT2D eigenvalue weighted by Gasteiger charge is -2.45. The van der Waals surface area contributed by atoms with E-state index in [1.54, 1.807) is 0 Å². The van der Waals surface area contributed by atoms with Crippen LogP contribution in [0, 0.1) is 20.8 Å². The normalized spacial score (nSPS) is 12.2. The third-order valence-electron chi connectivity index (χ3n) is 7.13. The van der Waals surface area contributed by atoms with E-state index in [2.05, 4.69) is 119 Å². The molecule has 0 aliphatic rings. The minimum absolute atomic E-state index is 1.26. The van der Waals surface area contributed by atoms with E-state index in [0.717, 1.165) is 0 Å². The second-order valence-electron chi connectivity index (χ2n) is 8.66. The van der Waals surface area contributed by atoms with Gasteiger partial charge in [0.05, 0.1) is 0 Å². The fraction of sp³-hybridized carbons (Fsp3) is 0.333. The number of hydrogen-bond donors (Lipinski definition) is 1. The standard InChI is InChI=1S/C27H37NSi2/c1-7-29(8-2,9-3)28-30(25-19-13-10-16-22(25)4,26-20-14-11-17-23(26)5)27-21-15-12-18-24(27)6/h10-21,28H,7-9H2,1-6H3. The fourth-order valence-electron chi connectivity index (χ4n) is 5.03. The number of aryl methyl sites for hydroxylation is 3. The molecule has 3 aromatic carbocycles. The molecule has 0 radical (unpaired) electrons. The largest absolute Gasteiger partial charge is 0.348 e. The van der Waals surface area contributed by atoms with Gasteiger partial charge in [0.25, 0.3) is 0 Å². The molecule has 1 N–H and O–H groups in total. The van der Waals surface area contributed by atoms with Gasteiger partial charge in [-0.3, -0.25) is 0 Å². The predicted molar refractivity (Wildman–Crippen MR) is 139 cm³/mol. The molecule has 0 aliphatic carbocycles. The van der Waals surface area contributed by atoms with E-state index in [0.29, 0.717) is 0 Å². The van der Waals surface area contributed by atoms with Crippen molar-refractivity contribution in [1.82, 2.24) is 4.65 Å². The van der Waals surface area contributed by atoms with Crippen molar-refractivity contribution in [1.29, 1.82) is 0 Å². The van der Waals surface area contributed by atoms with Crippen molar-refractivity contribution in [2.75, 3.05) is 0 Å². The Morgan fingerprint density at radius 3 is 1.10 bits per heavy atom. The lowest BCUT2D eigenvalue weighted by molar-refractivity contribution is 1.09. The maximum absolute atomic E-state index is 4.58. The van der Waals surface area contributed by atoms with Gasteiger partial charge in [0.1, 0.15) is 8.24 Å². The van der Waals surface area contributed by atoms with Crippen LogP contribution in [-0.2, 0) is 0 Å². The SMILES string of the molecule is CC[Si](CC)(CC)N[Si](c1ccccc1C)(c1ccccc1C)c1ccccc1C. The molecule has 0 amide bonds. The molecule has 0 saturated heterocycles. The average molecular weight is 432 g/mol. The van der Waals surface area contributed by atoms with Gasteiger partial charge in [-0.05, 0) is 71.2 Å². The smallest absolute Gasteiger partial charge is 0.216 e. The molecule has 0 atom stereocenters. The van der Waals surface area contributed by atoms with Crippen molar-refractivity contribution >= 4 is 32.0 Å². The summed E-state index contributed by atoms with van der Waals surface area (Å²) in [5, 5.41) is 4.54. The summed E-state index contributed by atoms with van der Waals surface area (Å²) >= 11 is 0. The molecule has 0 bridgehead atoms. The molecule has 0 heterocycles. The molecule has 30 heavy (non-hydrogen) atoms. The third kappa shape index (κ3) is 3.99. The van der Waals surface area contributed by atoms with Gasteiger partial charge >= 0.3 is 0 Å². The topological polar surface area (TPSA) is 12.0 Å². The Balaban J connectivity index is 2.49. The average Bonchev–Trinajstić information content (AvgIpc) is 2.77. The van der Waals surface area contributed by atoms with Crippen LogP contribution in [0.1, 0.15) is 37.5 Å². The first-order valence-electron chi connectivity index (χ1n) is 11.4. The van der Waals surface area contributed by atoms with E-state index in [9.17, 15) is 0 Å². The van der Waals surface area contributed by atoms with Gasteiger partial charge in [0.2, 0.25) is 8.24 Å². The zero-order chi connectivity index (χ0) is 21.8. The molecule has 158 valence electrons. The molecule has 0 unspecified atom stereocenters. The first-order valence-corrected chi connectivity index (χ1v) is 16.0. The van der Waals surface area contributed by atoms with Crippen LogP contribution in [0.4, 0.5) is 0 Å². The molecule has 0 aromatic heterocycles. The van der Waals surface area contributed by atoms with Crippen LogP contribution in [0.5, 0.6) is 0 Å². The van der Waals surface area contributed by atoms with E-state index in [-0.39, 0.29) is 0 Å². The molecule has 3 aromatic rings. The molecule has 1 nitrogen and oxygen atoms in total. The molecular weight excluding hydrogens is 394 g/mol. The second-order valence-corrected chi connectivity index (χ2v) is 17.5. The highest BCUT2D eigenvalue weighted by Crippen LogP contribution is 2.22. The van der Waals surface area contributed by atoms with Gasteiger partial charge in [0, 0.05) is 0 Å². The Bertz CT molecular complexity index is 872. The molecule has 3 heteroatoms. The Morgan fingerprint density at radius 1 is 0.533 bits per heavy atom. The Hall–Kier alpha value is -1.95. The number of hydrogen-bond acceptors (Lipinski definition) is 1. The highest BCUT2D eigenvalue weighted by molar-refractivity contribution is 7.15. The summed E-state index contributed by atoms with van der Waals surface area (Å²) in [7, 11) is -4.10. The molecule has 3 rings (SSSR count). The number of rotatable bonds is 8. The quantitative estimate of drug-likeness (QED) is 0.383. The first kappa shape index (κ1) is 22.7. The molecule has 0 saturated carbocycles. The minimum Gasteiger partial charge on any atom is -0.348 e. The Labute approximate surface area is 185 Å². The lowest BCUT2D eigenvalue weighted by atomic mass is 10.2. The van der Waals surface area contributed by atoms with Gasteiger partial charge in [-0.15, -0.1) is 0 Å². The van der Waals surface area contributed by atoms with Crippen LogP contribution in [0.2, 0.25) is 18.1 Å². The lowest BCUT2D eigenvalue weighted by Crippen LogP contribution is -2.82. The highest BCUT2D eigenvalue weighted by atomic mass is 28.4. The molecular formula is C27H37NSi2. The fourth-order valence-corrected chi connectivity index (χ4v) is 17.4. The summed E-state index contributed by atoms with van der Waals surface area (Å²) in [6.45, 7) is 14.1. The van der Waals surface area contributed by atoms with Crippen LogP contribution in [0.15, 0.2) is 72.8 Å². The van der Waals surface area contributed by atoms with E-state index < -0.39 is 16.5 Å². The van der Waals surface area contributed by atoms with E-state index in [1.807, 2.05) is 0 Å². The summed E-state index contributed by atoms with van der Waals surface area (Å²) in [5.41, 5.74) is 4.19. The molecule has 0 spiro atoms. The predicted octanol–water partition coefficient (Wildman–Crippen LogP) is 5.17. The summed E-state index contributed by atoms with van der Waals surface area (Å²) in [5.74, 6) is 0.